The number of nitrogens with one attached hydrogen (secondary N) is 1. The Bertz CT molecular complexity index is 381. The van der Waals surface area contributed by atoms with Crippen molar-refractivity contribution in [1.29, 1.82) is 0 Å². The summed E-state index contributed by atoms with van der Waals surface area (Å²) < 4.78 is 13.0. The molecule has 0 radical (unpaired) electrons. The van der Waals surface area contributed by atoms with Gasteiger partial charge in [-0.05, 0) is 44.0 Å². The summed E-state index contributed by atoms with van der Waals surface area (Å²) in [5.74, 6) is 0.00948. The van der Waals surface area contributed by atoms with Crippen LogP contribution in [0.1, 0.15) is 29.3 Å². The van der Waals surface area contributed by atoms with Crippen molar-refractivity contribution in [3.8, 4) is 0 Å². The van der Waals surface area contributed by atoms with Crippen molar-refractivity contribution in [2.75, 3.05) is 5.88 Å². The first-order valence-corrected chi connectivity index (χ1v) is 5.71. The van der Waals surface area contributed by atoms with Crippen LogP contribution in [0.5, 0.6) is 0 Å². The fraction of sp³-hybridized carbons (Fsp3) is 0.417. The lowest BCUT2D eigenvalue weighted by atomic mass is 10.1. The quantitative estimate of drug-likeness (QED) is 0.810. The van der Waals surface area contributed by atoms with Gasteiger partial charge in [-0.3, -0.25) is 4.79 Å². The van der Waals surface area contributed by atoms with Crippen molar-refractivity contribution in [3.63, 3.8) is 0 Å². The molecule has 1 N–H and O–H groups in total. The number of rotatable bonds is 4. The Morgan fingerprint density at radius 3 is 2.81 bits per heavy atom. The summed E-state index contributed by atoms with van der Waals surface area (Å²) in [4.78, 5) is 11.7. The normalized spacial score (nSPS) is 12.2. The summed E-state index contributed by atoms with van der Waals surface area (Å²) in [5.41, 5.74) is 0.943. The second-order valence-corrected chi connectivity index (χ2v) is 4.19. The maximum Gasteiger partial charge on any atom is 0.251 e. The molecule has 0 bridgehead atoms. The average Bonchev–Trinajstić information content (AvgIpc) is 2.22. The van der Waals surface area contributed by atoms with Gasteiger partial charge in [0.2, 0.25) is 0 Å². The lowest BCUT2D eigenvalue weighted by Crippen LogP contribution is -2.32. The third-order valence-electron chi connectivity index (χ3n) is 2.34. The molecule has 0 aliphatic rings. The molecule has 1 atom stereocenters. The summed E-state index contributed by atoms with van der Waals surface area (Å²) in [5, 5.41) is 2.80. The Kier molecular flexibility index (Phi) is 4.74. The highest BCUT2D eigenvalue weighted by molar-refractivity contribution is 6.17. The molecule has 16 heavy (non-hydrogen) atoms. The molecule has 1 unspecified atom stereocenters. The van der Waals surface area contributed by atoms with Gasteiger partial charge in [0.25, 0.3) is 5.91 Å². The third-order valence-corrected chi connectivity index (χ3v) is 2.56. The lowest BCUT2D eigenvalue weighted by molar-refractivity contribution is 0.0939. The predicted molar refractivity (Wildman–Crippen MR) is 63.4 cm³/mol. The van der Waals surface area contributed by atoms with Crippen molar-refractivity contribution in [3.05, 3.63) is 35.1 Å². The smallest absolute Gasteiger partial charge is 0.251 e. The van der Waals surface area contributed by atoms with Gasteiger partial charge in [0.1, 0.15) is 5.82 Å². The molecule has 1 aromatic rings. The van der Waals surface area contributed by atoms with Crippen LogP contribution in [0.2, 0.25) is 0 Å². The molecule has 0 aromatic heterocycles. The SMILES string of the molecule is Cc1cc(C(=O)NC(C)CCCl)ccc1F. The molecule has 0 aliphatic carbocycles. The number of alkyl halides is 1. The largest absolute Gasteiger partial charge is 0.350 e. The van der Waals surface area contributed by atoms with Gasteiger partial charge in [-0.1, -0.05) is 0 Å². The molecule has 0 spiro atoms. The van der Waals surface area contributed by atoms with Crippen molar-refractivity contribution in [2.45, 2.75) is 26.3 Å². The van der Waals surface area contributed by atoms with Crippen LogP contribution in [0.4, 0.5) is 4.39 Å². The summed E-state index contributed by atoms with van der Waals surface area (Å²) in [6.07, 6.45) is 0.716. The number of hydrogen-bond acceptors (Lipinski definition) is 1. The van der Waals surface area contributed by atoms with Gasteiger partial charge < -0.3 is 5.32 Å². The molecule has 1 amide bonds. The first kappa shape index (κ1) is 13.0. The topological polar surface area (TPSA) is 29.1 Å². The van der Waals surface area contributed by atoms with E-state index in [1.54, 1.807) is 6.92 Å². The fourth-order valence-corrected chi connectivity index (χ4v) is 1.66. The first-order valence-electron chi connectivity index (χ1n) is 5.17. The van der Waals surface area contributed by atoms with E-state index in [9.17, 15) is 9.18 Å². The Balaban J connectivity index is 2.69. The number of hydrogen-bond donors (Lipinski definition) is 1. The van der Waals surface area contributed by atoms with E-state index >= 15 is 0 Å². The van der Waals surface area contributed by atoms with Crippen molar-refractivity contribution in [1.82, 2.24) is 5.32 Å². The van der Waals surface area contributed by atoms with Crippen LogP contribution in [0.15, 0.2) is 18.2 Å². The molecule has 0 aliphatic heterocycles. The highest BCUT2D eigenvalue weighted by atomic mass is 35.5. The monoisotopic (exact) mass is 243 g/mol. The van der Waals surface area contributed by atoms with Gasteiger partial charge in [-0.2, -0.15) is 0 Å². The molecule has 1 rings (SSSR count). The fourth-order valence-electron chi connectivity index (χ4n) is 1.33. The molecular weight excluding hydrogens is 229 g/mol. The van der Waals surface area contributed by atoms with Gasteiger partial charge in [-0.25, -0.2) is 4.39 Å². The molecule has 0 heterocycles. The number of carbonyl (C=O) groups is 1. The zero-order valence-corrected chi connectivity index (χ0v) is 10.1. The van der Waals surface area contributed by atoms with Crippen LogP contribution >= 0.6 is 11.6 Å². The maximum absolute atomic E-state index is 13.0. The molecular formula is C12H15ClFNO. The van der Waals surface area contributed by atoms with Crippen LogP contribution in [0, 0.1) is 12.7 Å². The van der Waals surface area contributed by atoms with Crippen molar-refractivity contribution >= 4 is 17.5 Å². The van der Waals surface area contributed by atoms with Gasteiger partial charge in [0.05, 0.1) is 0 Å². The molecule has 0 fully saturated rings. The minimum absolute atomic E-state index is 0.0235. The summed E-state index contributed by atoms with van der Waals surface area (Å²) in [6.45, 7) is 3.52. The van der Waals surface area contributed by atoms with E-state index < -0.39 is 0 Å². The zero-order chi connectivity index (χ0) is 12.1. The average molecular weight is 244 g/mol. The number of carbonyl (C=O) groups excluding carboxylic acids is 1. The van der Waals surface area contributed by atoms with Crippen LogP contribution in [-0.4, -0.2) is 17.8 Å². The zero-order valence-electron chi connectivity index (χ0n) is 9.39. The number of halogens is 2. The Labute approximate surface area is 99.8 Å². The predicted octanol–water partition coefficient (Wildman–Crippen LogP) is 2.88. The molecule has 1 aromatic carbocycles. The van der Waals surface area contributed by atoms with E-state index in [0.717, 1.165) is 0 Å². The molecule has 0 saturated carbocycles. The number of benzene rings is 1. The van der Waals surface area contributed by atoms with E-state index in [-0.39, 0.29) is 17.8 Å². The summed E-state index contributed by atoms with van der Waals surface area (Å²) in [6, 6.07) is 4.34. The van der Waals surface area contributed by atoms with Crippen LogP contribution in [0.3, 0.4) is 0 Å². The molecule has 2 nitrogen and oxygen atoms in total. The first-order chi connectivity index (χ1) is 7.54. The van der Waals surface area contributed by atoms with Gasteiger partial charge >= 0.3 is 0 Å². The number of amides is 1. The van der Waals surface area contributed by atoms with E-state index in [4.69, 9.17) is 11.6 Å². The standard InChI is InChI=1S/C12H15ClFNO/c1-8-7-10(3-4-11(8)14)12(16)15-9(2)5-6-13/h3-4,7,9H,5-6H2,1-2H3,(H,15,16). The second-order valence-electron chi connectivity index (χ2n) is 3.82. The van der Waals surface area contributed by atoms with E-state index in [0.29, 0.717) is 23.4 Å². The second kappa shape index (κ2) is 5.85. The summed E-state index contributed by atoms with van der Waals surface area (Å²) >= 11 is 5.57. The Morgan fingerprint density at radius 2 is 2.25 bits per heavy atom. The van der Waals surface area contributed by atoms with E-state index in [1.807, 2.05) is 6.92 Å². The minimum atomic E-state index is -0.301. The van der Waals surface area contributed by atoms with Crippen LogP contribution in [-0.2, 0) is 0 Å². The Hall–Kier alpha value is -1.09. The van der Waals surface area contributed by atoms with Crippen molar-refractivity contribution in [2.24, 2.45) is 0 Å². The van der Waals surface area contributed by atoms with Gasteiger partial charge in [0.15, 0.2) is 0 Å². The third kappa shape index (κ3) is 3.49. The molecule has 4 heteroatoms. The molecule has 88 valence electrons. The van der Waals surface area contributed by atoms with Crippen LogP contribution < -0.4 is 5.32 Å². The summed E-state index contributed by atoms with van der Waals surface area (Å²) in [7, 11) is 0. The van der Waals surface area contributed by atoms with Crippen molar-refractivity contribution < 1.29 is 9.18 Å². The van der Waals surface area contributed by atoms with Gasteiger partial charge in [0, 0.05) is 17.5 Å². The number of aryl methyl sites for hydroxylation is 1. The minimum Gasteiger partial charge on any atom is -0.350 e. The maximum atomic E-state index is 13.0. The lowest BCUT2D eigenvalue weighted by Gasteiger charge is -2.12. The Morgan fingerprint density at radius 1 is 1.56 bits per heavy atom. The van der Waals surface area contributed by atoms with E-state index in [2.05, 4.69) is 5.32 Å². The van der Waals surface area contributed by atoms with E-state index in [1.165, 1.54) is 18.2 Å². The molecule has 0 saturated heterocycles. The van der Waals surface area contributed by atoms with Crippen LogP contribution in [0.25, 0.3) is 0 Å². The highest BCUT2D eigenvalue weighted by Gasteiger charge is 2.10. The van der Waals surface area contributed by atoms with Gasteiger partial charge in [-0.15, -0.1) is 11.6 Å². The highest BCUT2D eigenvalue weighted by Crippen LogP contribution is 2.09.